The van der Waals surface area contributed by atoms with Crippen molar-refractivity contribution in [1.82, 2.24) is 19.9 Å². The first kappa shape index (κ1) is 17.0. The molecule has 1 N–H and O–H groups in total. The molecule has 3 heterocycles. The number of hydrogen-bond donors (Lipinski definition) is 1. The number of fused-ring (bicyclic) bond motifs is 2. The van der Waals surface area contributed by atoms with E-state index >= 15 is 0 Å². The van der Waals surface area contributed by atoms with Gasteiger partial charge in [-0.15, -0.1) is 0 Å². The topological polar surface area (TPSA) is 65.1 Å². The van der Waals surface area contributed by atoms with Gasteiger partial charge in [0.05, 0.1) is 16.8 Å². The Bertz CT molecular complexity index is 1090. The quantitative estimate of drug-likeness (QED) is 0.733. The molecule has 1 spiro atoms. The Balaban J connectivity index is 1.28. The van der Waals surface area contributed by atoms with E-state index in [2.05, 4.69) is 49.0 Å². The molecular weight excluding hydrogens is 362 g/mol. The zero-order valence-electron chi connectivity index (χ0n) is 16.5. The van der Waals surface area contributed by atoms with Gasteiger partial charge in [-0.25, -0.2) is 9.97 Å². The Morgan fingerprint density at radius 1 is 1.14 bits per heavy atom. The first-order chi connectivity index (χ1) is 14.3. The maximum absolute atomic E-state index is 13.7. The van der Waals surface area contributed by atoms with Crippen LogP contribution in [0.4, 0.5) is 5.82 Å². The SMILES string of the molecule is O=C([C@H]1CCCc2ccccc21)N1CCN(c2ncnc3[nH]ccc23)CC12CC2. The summed E-state index contributed by atoms with van der Waals surface area (Å²) < 4.78 is 0. The smallest absolute Gasteiger partial charge is 0.230 e. The van der Waals surface area contributed by atoms with Crippen LogP contribution in [0.5, 0.6) is 0 Å². The summed E-state index contributed by atoms with van der Waals surface area (Å²) in [6, 6.07) is 10.6. The number of nitrogens with zero attached hydrogens (tertiary/aromatic N) is 4. The molecule has 1 amide bonds. The number of carbonyl (C=O) groups excluding carboxylic acids is 1. The van der Waals surface area contributed by atoms with Crippen molar-refractivity contribution in [2.45, 2.75) is 43.6 Å². The second-order valence-electron chi connectivity index (χ2n) is 8.72. The third kappa shape index (κ3) is 2.65. The number of aryl methyl sites for hydroxylation is 1. The van der Waals surface area contributed by atoms with E-state index in [1.807, 2.05) is 12.3 Å². The summed E-state index contributed by atoms with van der Waals surface area (Å²) in [6.07, 6.45) is 8.89. The summed E-state index contributed by atoms with van der Waals surface area (Å²) in [5.74, 6) is 1.35. The van der Waals surface area contributed by atoms with Crippen molar-refractivity contribution >= 4 is 22.8 Å². The van der Waals surface area contributed by atoms with Crippen molar-refractivity contribution in [3.05, 3.63) is 54.0 Å². The lowest BCUT2D eigenvalue weighted by atomic mass is 9.81. The fourth-order valence-electron chi connectivity index (χ4n) is 5.38. The van der Waals surface area contributed by atoms with Crippen LogP contribution in [0.3, 0.4) is 0 Å². The highest BCUT2D eigenvalue weighted by atomic mass is 16.2. The number of piperazine rings is 1. The number of nitrogens with one attached hydrogen (secondary N) is 1. The van der Waals surface area contributed by atoms with E-state index < -0.39 is 0 Å². The van der Waals surface area contributed by atoms with Gasteiger partial charge < -0.3 is 14.8 Å². The highest BCUT2D eigenvalue weighted by Gasteiger charge is 2.54. The van der Waals surface area contributed by atoms with Crippen LogP contribution >= 0.6 is 0 Å². The lowest BCUT2D eigenvalue weighted by molar-refractivity contribution is -0.137. The Kier molecular flexibility index (Phi) is 3.70. The van der Waals surface area contributed by atoms with Crippen LogP contribution < -0.4 is 4.90 Å². The maximum atomic E-state index is 13.7. The fraction of sp³-hybridized carbons (Fsp3) is 0.435. The average Bonchev–Trinajstić information content (AvgIpc) is 3.34. The summed E-state index contributed by atoms with van der Waals surface area (Å²) >= 11 is 0. The summed E-state index contributed by atoms with van der Waals surface area (Å²) in [6.45, 7) is 2.46. The van der Waals surface area contributed by atoms with Gasteiger partial charge in [-0.2, -0.15) is 0 Å². The minimum Gasteiger partial charge on any atom is -0.352 e. The van der Waals surface area contributed by atoms with E-state index in [4.69, 9.17) is 0 Å². The third-order valence-electron chi connectivity index (χ3n) is 7.04. The van der Waals surface area contributed by atoms with Crippen molar-refractivity contribution < 1.29 is 4.79 Å². The van der Waals surface area contributed by atoms with Crippen LogP contribution in [0.1, 0.15) is 42.7 Å². The third-order valence-corrected chi connectivity index (χ3v) is 7.04. The Morgan fingerprint density at radius 3 is 2.93 bits per heavy atom. The maximum Gasteiger partial charge on any atom is 0.230 e. The number of H-pyrrole nitrogens is 1. The molecule has 6 nitrogen and oxygen atoms in total. The van der Waals surface area contributed by atoms with Gasteiger partial charge in [0.25, 0.3) is 0 Å². The molecule has 2 aliphatic carbocycles. The number of rotatable bonds is 2. The molecule has 0 bridgehead atoms. The van der Waals surface area contributed by atoms with Gasteiger partial charge in [-0.3, -0.25) is 4.79 Å². The van der Waals surface area contributed by atoms with Gasteiger partial charge in [0.1, 0.15) is 17.8 Å². The Hall–Kier alpha value is -2.89. The molecule has 29 heavy (non-hydrogen) atoms. The second kappa shape index (κ2) is 6.31. The number of anilines is 1. The first-order valence-electron chi connectivity index (χ1n) is 10.7. The summed E-state index contributed by atoms with van der Waals surface area (Å²) in [4.78, 5) is 30.3. The predicted molar refractivity (Wildman–Crippen MR) is 112 cm³/mol. The number of carbonyl (C=O) groups is 1. The molecule has 3 aromatic rings. The fourth-order valence-corrected chi connectivity index (χ4v) is 5.38. The molecule has 2 fully saturated rings. The van der Waals surface area contributed by atoms with Gasteiger partial charge in [-0.05, 0) is 49.3 Å². The van der Waals surface area contributed by atoms with E-state index in [1.165, 1.54) is 11.1 Å². The molecule has 1 aromatic carbocycles. The zero-order chi connectivity index (χ0) is 19.4. The van der Waals surface area contributed by atoms with E-state index in [9.17, 15) is 4.79 Å². The Labute approximate surface area is 169 Å². The molecule has 1 saturated heterocycles. The average molecular weight is 387 g/mol. The van der Waals surface area contributed by atoms with Crippen molar-refractivity contribution in [3.63, 3.8) is 0 Å². The standard InChI is InChI=1S/C23H25N5O/c29-22(18-7-3-5-16-4-1-2-6-17(16)18)28-13-12-27(14-23(28)9-10-23)21-19-8-11-24-20(19)25-15-26-21/h1-2,4,6,8,11,15,18H,3,5,7,9-10,12-14H2,(H,24,25,26)/t18-/m0/s1. The first-order valence-corrected chi connectivity index (χ1v) is 10.7. The van der Waals surface area contributed by atoms with Crippen molar-refractivity contribution in [1.29, 1.82) is 0 Å². The molecule has 6 heteroatoms. The normalized spacial score (nSPS) is 22.7. The van der Waals surface area contributed by atoms with Crippen molar-refractivity contribution in [2.75, 3.05) is 24.5 Å². The number of benzene rings is 1. The monoisotopic (exact) mass is 387 g/mol. The van der Waals surface area contributed by atoms with E-state index in [0.717, 1.165) is 68.6 Å². The molecule has 1 atom stereocenters. The van der Waals surface area contributed by atoms with Gasteiger partial charge in [0.15, 0.2) is 0 Å². The summed E-state index contributed by atoms with van der Waals surface area (Å²) in [7, 11) is 0. The van der Waals surface area contributed by atoms with E-state index in [1.54, 1.807) is 6.33 Å². The number of aromatic amines is 1. The predicted octanol–water partition coefficient (Wildman–Crippen LogP) is 3.26. The lowest BCUT2D eigenvalue weighted by Gasteiger charge is -2.44. The summed E-state index contributed by atoms with van der Waals surface area (Å²) in [5.41, 5.74) is 3.47. The highest BCUT2D eigenvalue weighted by Crippen LogP contribution is 2.47. The zero-order valence-corrected chi connectivity index (χ0v) is 16.5. The Morgan fingerprint density at radius 2 is 2.03 bits per heavy atom. The van der Waals surface area contributed by atoms with Crippen LogP contribution in [-0.4, -0.2) is 50.9 Å². The van der Waals surface area contributed by atoms with Crippen LogP contribution in [0.15, 0.2) is 42.9 Å². The van der Waals surface area contributed by atoms with Crippen molar-refractivity contribution in [3.8, 4) is 0 Å². The van der Waals surface area contributed by atoms with Crippen LogP contribution in [0, 0.1) is 0 Å². The number of aromatic nitrogens is 3. The number of amides is 1. The lowest BCUT2D eigenvalue weighted by Crippen LogP contribution is -2.58. The van der Waals surface area contributed by atoms with Gasteiger partial charge >= 0.3 is 0 Å². The molecule has 0 unspecified atom stereocenters. The van der Waals surface area contributed by atoms with E-state index in [-0.39, 0.29) is 11.5 Å². The van der Waals surface area contributed by atoms with Gasteiger partial charge in [0.2, 0.25) is 5.91 Å². The van der Waals surface area contributed by atoms with Crippen LogP contribution in [-0.2, 0) is 11.2 Å². The molecule has 148 valence electrons. The minimum atomic E-state index is -0.0185. The second-order valence-corrected chi connectivity index (χ2v) is 8.72. The summed E-state index contributed by atoms with van der Waals surface area (Å²) in [5, 5.41) is 1.06. The van der Waals surface area contributed by atoms with Crippen LogP contribution in [0.25, 0.3) is 11.0 Å². The molecule has 1 saturated carbocycles. The number of hydrogen-bond acceptors (Lipinski definition) is 4. The molecular formula is C23H25N5O. The minimum absolute atomic E-state index is 0.0185. The molecule has 3 aliphatic rings. The van der Waals surface area contributed by atoms with Crippen molar-refractivity contribution in [2.24, 2.45) is 0 Å². The molecule has 6 rings (SSSR count). The molecule has 2 aromatic heterocycles. The van der Waals surface area contributed by atoms with E-state index in [0.29, 0.717) is 5.91 Å². The van der Waals surface area contributed by atoms with Crippen LogP contribution in [0.2, 0.25) is 0 Å². The highest BCUT2D eigenvalue weighted by molar-refractivity contribution is 5.88. The molecule has 1 aliphatic heterocycles. The molecule has 0 radical (unpaired) electrons. The van der Waals surface area contributed by atoms with Gasteiger partial charge in [-0.1, -0.05) is 24.3 Å². The van der Waals surface area contributed by atoms with Gasteiger partial charge in [0, 0.05) is 25.8 Å². The largest absolute Gasteiger partial charge is 0.352 e.